The minimum atomic E-state index is -0.492. The Morgan fingerprint density at radius 3 is 2.33 bits per heavy atom. The average Bonchev–Trinajstić information content (AvgIpc) is 2.10. The summed E-state index contributed by atoms with van der Waals surface area (Å²) in [6.45, 7) is 0.542. The zero-order valence-electron chi connectivity index (χ0n) is 7.45. The quantitative estimate of drug-likeness (QED) is 0.382. The van der Waals surface area contributed by atoms with E-state index in [-0.39, 0.29) is 12.6 Å². The van der Waals surface area contributed by atoms with Crippen molar-refractivity contribution in [2.75, 3.05) is 13.2 Å². The monoisotopic (exact) mass is 176 g/mol. The Morgan fingerprint density at radius 2 is 1.83 bits per heavy atom. The van der Waals surface area contributed by atoms with E-state index in [2.05, 4.69) is 0 Å². The van der Waals surface area contributed by atoms with Crippen LogP contribution in [0.15, 0.2) is 0 Å². The molecular formula is C8H20N2O2. The Morgan fingerprint density at radius 1 is 1.17 bits per heavy atom. The molecule has 0 aliphatic heterocycles. The Kier molecular flexibility index (Phi) is 7.39. The largest absolute Gasteiger partial charge is 0.396 e. The van der Waals surface area contributed by atoms with E-state index in [1.54, 1.807) is 0 Å². The molecule has 0 aromatic heterocycles. The fourth-order valence-electron chi connectivity index (χ4n) is 1.01. The molecule has 0 aliphatic carbocycles. The third-order valence-corrected chi connectivity index (χ3v) is 1.92. The lowest BCUT2D eigenvalue weighted by Crippen LogP contribution is -2.40. The first-order chi connectivity index (χ1) is 5.72. The van der Waals surface area contributed by atoms with Gasteiger partial charge in [-0.05, 0) is 12.8 Å². The van der Waals surface area contributed by atoms with Crippen molar-refractivity contribution in [3.05, 3.63) is 0 Å². The van der Waals surface area contributed by atoms with Gasteiger partial charge in [0.25, 0.3) is 0 Å². The van der Waals surface area contributed by atoms with Crippen molar-refractivity contribution in [2.45, 2.75) is 37.8 Å². The molecule has 0 bridgehead atoms. The highest BCUT2D eigenvalue weighted by molar-refractivity contribution is 4.71. The summed E-state index contributed by atoms with van der Waals surface area (Å²) in [5.41, 5.74) is 10.8. The van der Waals surface area contributed by atoms with Gasteiger partial charge in [0.2, 0.25) is 0 Å². The van der Waals surface area contributed by atoms with Gasteiger partial charge < -0.3 is 21.7 Å². The number of rotatable bonds is 7. The third-order valence-electron chi connectivity index (χ3n) is 1.92. The van der Waals surface area contributed by atoms with Gasteiger partial charge in [0.1, 0.15) is 0 Å². The molecule has 6 N–H and O–H groups in total. The zero-order valence-corrected chi connectivity index (χ0v) is 7.45. The van der Waals surface area contributed by atoms with Crippen molar-refractivity contribution < 1.29 is 10.2 Å². The Labute approximate surface area is 73.6 Å². The van der Waals surface area contributed by atoms with Crippen LogP contribution in [0.2, 0.25) is 0 Å². The van der Waals surface area contributed by atoms with Crippen LogP contribution >= 0.6 is 0 Å². The predicted octanol–water partition coefficient (Wildman–Crippen LogP) is -0.814. The van der Waals surface area contributed by atoms with Gasteiger partial charge in [-0.25, -0.2) is 0 Å². The maximum Gasteiger partial charge on any atom is 0.0703 e. The fraction of sp³-hybridized carbons (Fsp3) is 1.00. The van der Waals surface area contributed by atoms with Crippen LogP contribution in [0.4, 0.5) is 0 Å². The number of hydrogen-bond donors (Lipinski definition) is 4. The van der Waals surface area contributed by atoms with E-state index in [0.29, 0.717) is 13.0 Å². The topological polar surface area (TPSA) is 92.5 Å². The molecule has 0 amide bonds. The van der Waals surface area contributed by atoms with E-state index in [9.17, 15) is 5.11 Å². The Hall–Kier alpha value is -0.160. The van der Waals surface area contributed by atoms with Gasteiger partial charge in [-0.15, -0.1) is 0 Å². The summed E-state index contributed by atoms with van der Waals surface area (Å²) in [5, 5.41) is 17.8. The number of aliphatic hydroxyl groups excluding tert-OH is 2. The van der Waals surface area contributed by atoms with Gasteiger partial charge in [0, 0.05) is 19.2 Å². The lowest BCUT2D eigenvalue weighted by atomic mass is 10.0. The summed E-state index contributed by atoms with van der Waals surface area (Å²) in [6.07, 6.45) is 2.82. The average molecular weight is 176 g/mol. The molecule has 4 heteroatoms. The molecule has 0 aliphatic rings. The van der Waals surface area contributed by atoms with E-state index in [4.69, 9.17) is 16.6 Å². The van der Waals surface area contributed by atoms with E-state index in [1.807, 2.05) is 0 Å². The van der Waals surface area contributed by atoms with Gasteiger partial charge in [-0.2, -0.15) is 0 Å². The lowest BCUT2D eigenvalue weighted by molar-refractivity contribution is 0.133. The van der Waals surface area contributed by atoms with Gasteiger partial charge >= 0.3 is 0 Å². The van der Waals surface area contributed by atoms with Crippen LogP contribution in [0.5, 0.6) is 0 Å². The van der Waals surface area contributed by atoms with Gasteiger partial charge in [-0.3, -0.25) is 0 Å². The molecule has 4 nitrogen and oxygen atoms in total. The van der Waals surface area contributed by atoms with Crippen molar-refractivity contribution in [1.82, 2.24) is 0 Å². The summed E-state index contributed by atoms with van der Waals surface area (Å²) in [6, 6.07) is -0.306. The van der Waals surface area contributed by atoms with Crippen molar-refractivity contribution in [2.24, 2.45) is 11.5 Å². The molecule has 0 radical (unpaired) electrons. The molecule has 74 valence electrons. The second kappa shape index (κ2) is 7.49. The predicted molar refractivity (Wildman–Crippen MR) is 48.6 cm³/mol. The SMILES string of the molecule is NCC(N)C(O)CCCCCO. The molecule has 2 atom stereocenters. The van der Waals surface area contributed by atoms with Crippen LogP contribution in [0.1, 0.15) is 25.7 Å². The van der Waals surface area contributed by atoms with E-state index in [0.717, 1.165) is 19.3 Å². The van der Waals surface area contributed by atoms with Crippen molar-refractivity contribution >= 4 is 0 Å². The number of hydrogen-bond acceptors (Lipinski definition) is 4. The molecule has 0 fully saturated rings. The molecule has 0 heterocycles. The first-order valence-corrected chi connectivity index (χ1v) is 4.47. The van der Waals surface area contributed by atoms with Crippen LogP contribution in [0, 0.1) is 0 Å². The number of unbranched alkanes of at least 4 members (excludes halogenated alkanes) is 2. The minimum Gasteiger partial charge on any atom is -0.396 e. The summed E-state index contributed by atoms with van der Waals surface area (Å²) >= 11 is 0. The van der Waals surface area contributed by atoms with Crippen molar-refractivity contribution in [3.63, 3.8) is 0 Å². The first kappa shape index (κ1) is 11.8. The van der Waals surface area contributed by atoms with Gasteiger partial charge in [0.15, 0.2) is 0 Å². The highest BCUT2D eigenvalue weighted by Gasteiger charge is 2.11. The highest BCUT2D eigenvalue weighted by atomic mass is 16.3. The molecule has 0 saturated heterocycles. The second-order valence-corrected chi connectivity index (χ2v) is 3.04. The standard InChI is InChI=1S/C8H20N2O2/c9-6-7(10)8(12)4-2-1-3-5-11/h7-8,11-12H,1-6,9-10H2. The molecule has 0 saturated carbocycles. The summed E-state index contributed by atoms with van der Waals surface area (Å²) in [7, 11) is 0. The summed E-state index contributed by atoms with van der Waals surface area (Å²) < 4.78 is 0. The molecule has 0 spiro atoms. The van der Waals surface area contributed by atoms with Crippen LogP contribution in [0.25, 0.3) is 0 Å². The maximum absolute atomic E-state index is 9.35. The first-order valence-electron chi connectivity index (χ1n) is 4.47. The van der Waals surface area contributed by atoms with E-state index in [1.165, 1.54) is 0 Å². The van der Waals surface area contributed by atoms with Crippen molar-refractivity contribution in [3.8, 4) is 0 Å². The molecule has 0 rings (SSSR count). The fourth-order valence-corrected chi connectivity index (χ4v) is 1.01. The molecular weight excluding hydrogens is 156 g/mol. The molecule has 12 heavy (non-hydrogen) atoms. The second-order valence-electron chi connectivity index (χ2n) is 3.04. The summed E-state index contributed by atoms with van der Waals surface area (Å²) in [5.74, 6) is 0. The highest BCUT2D eigenvalue weighted by Crippen LogP contribution is 2.04. The smallest absolute Gasteiger partial charge is 0.0703 e. The molecule has 2 unspecified atom stereocenters. The van der Waals surface area contributed by atoms with E-state index >= 15 is 0 Å². The van der Waals surface area contributed by atoms with Crippen LogP contribution in [-0.2, 0) is 0 Å². The van der Waals surface area contributed by atoms with Gasteiger partial charge in [-0.1, -0.05) is 12.8 Å². The zero-order chi connectivity index (χ0) is 9.40. The number of nitrogens with two attached hydrogens (primary N) is 2. The third kappa shape index (κ3) is 5.49. The maximum atomic E-state index is 9.35. The number of aliphatic hydroxyl groups is 2. The van der Waals surface area contributed by atoms with Crippen LogP contribution < -0.4 is 11.5 Å². The normalized spacial score (nSPS) is 16.0. The Balaban J connectivity index is 3.24. The minimum absolute atomic E-state index is 0.221. The van der Waals surface area contributed by atoms with Gasteiger partial charge in [0.05, 0.1) is 6.10 Å². The summed E-state index contributed by atoms with van der Waals surface area (Å²) in [4.78, 5) is 0. The van der Waals surface area contributed by atoms with E-state index < -0.39 is 6.10 Å². The lowest BCUT2D eigenvalue weighted by Gasteiger charge is -2.16. The Bertz CT molecular complexity index is 101. The van der Waals surface area contributed by atoms with Crippen LogP contribution in [-0.4, -0.2) is 35.5 Å². The molecule has 0 aromatic rings. The van der Waals surface area contributed by atoms with Crippen LogP contribution in [0.3, 0.4) is 0 Å². The molecule has 0 aromatic carbocycles. The van der Waals surface area contributed by atoms with Crippen molar-refractivity contribution in [1.29, 1.82) is 0 Å².